The van der Waals surface area contributed by atoms with E-state index in [1.807, 2.05) is 0 Å². The number of carbonyl (C=O) groups is 1. The number of rotatable bonds is 5. The molecule has 1 aromatic carbocycles. The van der Waals surface area contributed by atoms with Crippen LogP contribution in [0.15, 0.2) is 23.1 Å². The Morgan fingerprint density at radius 2 is 2.12 bits per heavy atom. The summed E-state index contributed by atoms with van der Waals surface area (Å²) in [4.78, 5) is 11.5. The van der Waals surface area contributed by atoms with E-state index in [0.29, 0.717) is 27.5 Å². The van der Waals surface area contributed by atoms with Gasteiger partial charge in [-0.25, -0.2) is 8.42 Å². The van der Waals surface area contributed by atoms with E-state index >= 15 is 0 Å². The van der Waals surface area contributed by atoms with Crippen LogP contribution in [0.3, 0.4) is 0 Å². The maximum absolute atomic E-state index is 10.9. The Hall–Kier alpha value is -0.520. The lowest BCUT2D eigenvalue weighted by molar-refractivity contribution is 0.112. The predicted molar refractivity (Wildman–Crippen MR) is 67.3 cm³/mol. The van der Waals surface area contributed by atoms with Gasteiger partial charge in [-0.3, -0.25) is 4.79 Å². The van der Waals surface area contributed by atoms with E-state index in [4.69, 9.17) is 11.6 Å². The molecule has 0 aromatic heterocycles. The summed E-state index contributed by atoms with van der Waals surface area (Å²) >= 11 is 7.15. The van der Waals surface area contributed by atoms with Crippen molar-refractivity contribution in [2.24, 2.45) is 0 Å². The lowest BCUT2D eigenvalue weighted by Gasteiger charge is -2.05. The second-order valence-corrected chi connectivity index (χ2v) is 7.05. The van der Waals surface area contributed by atoms with E-state index in [1.165, 1.54) is 18.0 Å². The number of hydrogen-bond acceptors (Lipinski definition) is 4. The van der Waals surface area contributed by atoms with E-state index < -0.39 is 9.84 Å². The zero-order valence-electron chi connectivity index (χ0n) is 8.64. The van der Waals surface area contributed by atoms with Crippen LogP contribution < -0.4 is 0 Å². The number of sulfone groups is 1. The molecule has 0 aliphatic rings. The third-order valence-electron chi connectivity index (χ3n) is 1.84. The van der Waals surface area contributed by atoms with Crippen molar-refractivity contribution in [2.75, 3.05) is 17.8 Å². The zero-order chi connectivity index (χ0) is 12.2. The molecule has 0 atom stereocenters. The van der Waals surface area contributed by atoms with Crippen LogP contribution in [-0.4, -0.2) is 32.5 Å². The van der Waals surface area contributed by atoms with Gasteiger partial charge in [0.05, 0.1) is 10.8 Å². The maximum Gasteiger partial charge on any atom is 0.152 e. The van der Waals surface area contributed by atoms with Crippen LogP contribution in [0.1, 0.15) is 10.4 Å². The molecule has 0 aliphatic heterocycles. The Balaban J connectivity index is 2.74. The van der Waals surface area contributed by atoms with Crippen LogP contribution in [-0.2, 0) is 9.84 Å². The molecule has 0 bridgehead atoms. The first-order valence-corrected chi connectivity index (χ1v) is 7.90. The Kier molecular flexibility index (Phi) is 4.83. The van der Waals surface area contributed by atoms with Gasteiger partial charge in [0, 0.05) is 22.5 Å². The number of thioether (sulfide) groups is 1. The minimum absolute atomic E-state index is 0.0858. The highest BCUT2D eigenvalue weighted by molar-refractivity contribution is 8.00. The number of carbonyl (C=O) groups excluding carboxylic acids is 1. The Labute approximate surface area is 104 Å². The Bertz CT molecular complexity index is 483. The second-order valence-electron chi connectivity index (χ2n) is 3.25. The van der Waals surface area contributed by atoms with E-state index in [2.05, 4.69) is 0 Å². The van der Waals surface area contributed by atoms with Crippen LogP contribution in [0.5, 0.6) is 0 Å². The van der Waals surface area contributed by atoms with Gasteiger partial charge < -0.3 is 0 Å². The molecule has 0 heterocycles. The fourth-order valence-corrected chi connectivity index (χ4v) is 3.59. The minimum Gasteiger partial charge on any atom is -0.298 e. The molecule has 0 radical (unpaired) electrons. The molecule has 0 saturated carbocycles. The van der Waals surface area contributed by atoms with Gasteiger partial charge in [-0.1, -0.05) is 17.7 Å². The van der Waals surface area contributed by atoms with Crippen LogP contribution >= 0.6 is 23.4 Å². The average molecular weight is 279 g/mol. The molecule has 0 aliphatic carbocycles. The van der Waals surface area contributed by atoms with Gasteiger partial charge in [0.15, 0.2) is 6.29 Å². The minimum atomic E-state index is -2.97. The SMILES string of the molecule is CS(=O)(=O)CCSc1cccc(Cl)c1C=O. The summed E-state index contributed by atoms with van der Waals surface area (Å²) in [7, 11) is -2.97. The number of hydrogen-bond donors (Lipinski definition) is 0. The van der Waals surface area contributed by atoms with Gasteiger partial charge in [0.1, 0.15) is 9.84 Å². The normalized spacial score (nSPS) is 11.4. The van der Waals surface area contributed by atoms with E-state index in [-0.39, 0.29) is 5.75 Å². The summed E-state index contributed by atoms with van der Waals surface area (Å²) in [6.07, 6.45) is 1.87. The van der Waals surface area contributed by atoms with E-state index in [9.17, 15) is 13.2 Å². The van der Waals surface area contributed by atoms with Crippen LogP contribution in [0.4, 0.5) is 0 Å². The van der Waals surface area contributed by atoms with Crippen LogP contribution in [0.25, 0.3) is 0 Å². The number of halogens is 1. The van der Waals surface area contributed by atoms with Crippen molar-refractivity contribution < 1.29 is 13.2 Å². The van der Waals surface area contributed by atoms with Crippen molar-refractivity contribution in [1.82, 2.24) is 0 Å². The largest absolute Gasteiger partial charge is 0.298 e. The first-order chi connectivity index (χ1) is 7.44. The van der Waals surface area contributed by atoms with Crippen molar-refractivity contribution in [1.29, 1.82) is 0 Å². The second kappa shape index (κ2) is 5.70. The van der Waals surface area contributed by atoms with Crippen molar-refractivity contribution in [2.45, 2.75) is 4.90 Å². The molecule has 0 N–H and O–H groups in total. The molecule has 1 rings (SSSR count). The monoisotopic (exact) mass is 278 g/mol. The molecular formula is C10H11ClO3S2. The Morgan fingerprint density at radius 1 is 1.44 bits per heavy atom. The van der Waals surface area contributed by atoms with Crippen molar-refractivity contribution in [3.05, 3.63) is 28.8 Å². The van der Waals surface area contributed by atoms with E-state index in [1.54, 1.807) is 18.2 Å². The van der Waals surface area contributed by atoms with Crippen LogP contribution in [0, 0.1) is 0 Å². The highest BCUT2D eigenvalue weighted by atomic mass is 35.5. The van der Waals surface area contributed by atoms with Crippen molar-refractivity contribution in [3.8, 4) is 0 Å². The lowest BCUT2D eigenvalue weighted by atomic mass is 10.2. The third-order valence-corrected chi connectivity index (χ3v) is 4.45. The molecule has 0 fully saturated rings. The van der Waals surface area contributed by atoms with E-state index in [0.717, 1.165) is 0 Å². The highest BCUT2D eigenvalue weighted by Gasteiger charge is 2.08. The molecule has 88 valence electrons. The predicted octanol–water partition coefficient (Wildman–Crippen LogP) is 2.29. The summed E-state index contributed by atoms with van der Waals surface area (Å²) in [5.74, 6) is 0.502. The van der Waals surface area contributed by atoms with Gasteiger partial charge in [-0.15, -0.1) is 11.8 Å². The first kappa shape index (κ1) is 13.5. The van der Waals surface area contributed by atoms with Gasteiger partial charge in [0.2, 0.25) is 0 Å². The standard InChI is InChI=1S/C10H11ClO3S2/c1-16(13,14)6-5-15-10-4-2-3-9(11)8(10)7-12/h2-4,7H,5-6H2,1H3. The first-order valence-electron chi connectivity index (χ1n) is 4.48. The lowest BCUT2D eigenvalue weighted by Crippen LogP contribution is -2.05. The van der Waals surface area contributed by atoms with Gasteiger partial charge in [-0.2, -0.15) is 0 Å². The van der Waals surface area contributed by atoms with Gasteiger partial charge in [-0.05, 0) is 12.1 Å². The molecule has 1 aromatic rings. The fraction of sp³-hybridized carbons (Fsp3) is 0.300. The van der Waals surface area contributed by atoms with Crippen LogP contribution in [0.2, 0.25) is 5.02 Å². The summed E-state index contributed by atoms with van der Waals surface area (Å²) in [5.41, 5.74) is 0.419. The average Bonchev–Trinajstić information content (AvgIpc) is 2.16. The van der Waals surface area contributed by atoms with Gasteiger partial charge >= 0.3 is 0 Å². The van der Waals surface area contributed by atoms with Gasteiger partial charge in [0.25, 0.3) is 0 Å². The quantitative estimate of drug-likeness (QED) is 0.612. The topological polar surface area (TPSA) is 51.2 Å². The number of benzene rings is 1. The zero-order valence-corrected chi connectivity index (χ0v) is 11.0. The molecule has 0 unspecified atom stereocenters. The summed E-state index contributed by atoms with van der Waals surface area (Å²) in [6.45, 7) is 0. The molecule has 6 heteroatoms. The van der Waals surface area contributed by atoms with Crippen molar-refractivity contribution >= 4 is 39.5 Å². The highest BCUT2D eigenvalue weighted by Crippen LogP contribution is 2.27. The fourth-order valence-electron chi connectivity index (χ4n) is 1.06. The summed E-state index contributed by atoms with van der Waals surface area (Å²) in [5, 5.41) is 0.388. The number of aldehydes is 1. The maximum atomic E-state index is 10.9. The molecule has 0 spiro atoms. The summed E-state index contributed by atoms with van der Waals surface area (Å²) < 4.78 is 21.9. The Morgan fingerprint density at radius 3 is 2.69 bits per heavy atom. The molecule has 3 nitrogen and oxygen atoms in total. The molecule has 0 amide bonds. The smallest absolute Gasteiger partial charge is 0.152 e. The van der Waals surface area contributed by atoms with Crippen molar-refractivity contribution in [3.63, 3.8) is 0 Å². The molecular weight excluding hydrogens is 268 g/mol. The molecule has 0 saturated heterocycles. The third kappa shape index (κ3) is 4.15. The molecule has 16 heavy (non-hydrogen) atoms. The summed E-state index contributed by atoms with van der Waals surface area (Å²) in [6, 6.07) is 5.12.